The van der Waals surface area contributed by atoms with Crippen molar-refractivity contribution >= 4 is 17.8 Å². The minimum Gasteiger partial charge on any atom is -0.475 e. The fourth-order valence-electron chi connectivity index (χ4n) is 3.98. The smallest absolute Gasteiger partial charge is 0.475 e. The number of nitrogens with one attached hydrogen (secondary N) is 1. The van der Waals surface area contributed by atoms with E-state index >= 15 is 0 Å². The fraction of sp³-hybridized carbons (Fsp3) is 0.429. The number of aliphatic carboxylic acids is 1. The van der Waals surface area contributed by atoms with E-state index in [0.29, 0.717) is 24.5 Å². The Morgan fingerprint density at radius 2 is 1.70 bits per heavy atom. The molecule has 2 N–H and O–H groups in total. The fourth-order valence-corrected chi connectivity index (χ4v) is 3.98. The minimum absolute atomic E-state index is 0.0140. The molecule has 1 saturated heterocycles. The summed E-state index contributed by atoms with van der Waals surface area (Å²) in [4.78, 5) is 47.8. The van der Waals surface area contributed by atoms with Gasteiger partial charge in [-0.25, -0.2) is 9.78 Å². The maximum atomic E-state index is 12.5. The average molecular weight is 465 g/mol. The molecule has 2 aromatic heterocycles. The number of nitrogens with zero attached hydrogens (tertiary/aromatic N) is 4. The van der Waals surface area contributed by atoms with E-state index in [0.717, 1.165) is 25.7 Å². The van der Waals surface area contributed by atoms with Crippen molar-refractivity contribution in [3.63, 3.8) is 0 Å². The number of piperidine rings is 1. The second-order valence-corrected chi connectivity index (χ2v) is 7.83. The van der Waals surface area contributed by atoms with Gasteiger partial charge in [0.2, 0.25) is 0 Å². The highest BCUT2D eigenvalue weighted by Gasteiger charge is 2.49. The van der Waals surface area contributed by atoms with E-state index in [9.17, 15) is 22.8 Å². The number of halogens is 3. The number of alkyl halides is 3. The third kappa shape index (κ3) is 5.82. The van der Waals surface area contributed by atoms with Crippen LogP contribution in [0.15, 0.2) is 43.0 Å². The van der Waals surface area contributed by atoms with Gasteiger partial charge in [-0.3, -0.25) is 19.6 Å². The van der Waals surface area contributed by atoms with Crippen molar-refractivity contribution in [2.45, 2.75) is 37.9 Å². The lowest BCUT2D eigenvalue weighted by molar-refractivity contribution is -0.192. The van der Waals surface area contributed by atoms with Crippen LogP contribution in [0.5, 0.6) is 0 Å². The largest absolute Gasteiger partial charge is 0.490 e. The summed E-state index contributed by atoms with van der Waals surface area (Å²) in [6, 6.07) is 5.53. The molecule has 2 aliphatic rings. The average Bonchev–Trinajstić information content (AvgIpc) is 2.82. The van der Waals surface area contributed by atoms with Crippen molar-refractivity contribution in [2.24, 2.45) is 5.41 Å². The van der Waals surface area contributed by atoms with E-state index in [1.165, 1.54) is 12.4 Å². The van der Waals surface area contributed by atoms with E-state index in [1.54, 1.807) is 24.5 Å². The third-order valence-corrected chi connectivity index (χ3v) is 5.94. The van der Waals surface area contributed by atoms with E-state index in [1.807, 2.05) is 11.0 Å². The lowest BCUT2D eigenvalue weighted by Gasteiger charge is -2.54. The number of carboxylic acids is 1. The SMILES string of the molecule is O=C(NC1CCC12CCN(C(=O)c1ccccn1)CC2)c1cnccn1.O=C(O)C(F)(F)F. The molecule has 2 amide bonds. The Bertz CT molecular complexity index is 980. The van der Waals surface area contributed by atoms with Crippen LogP contribution in [0.1, 0.15) is 46.7 Å². The predicted octanol–water partition coefficient (Wildman–Crippen LogP) is 2.32. The molecule has 0 radical (unpaired) electrons. The molecule has 1 aliphatic heterocycles. The summed E-state index contributed by atoms with van der Waals surface area (Å²) >= 11 is 0. The van der Waals surface area contributed by atoms with Gasteiger partial charge in [0, 0.05) is 37.7 Å². The Hall–Kier alpha value is -3.57. The number of amides is 2. The number of rotatable bonds is 3. The monoisotopic (exact) mass is 465 g/mol. The highest BCUT2D eigenvalue weighted by Crippen LogP contribution is 2.49. The molecule has 1 spiro atoms. The van der Waals surface area contributed by atoms with Gasteiger partial charge in [-0.1, -0.05) is 6.07 Å². The number of carbonyl (C=O) groups is 3. The lowest BCUT2D eigenvalue weighted by atomic mass is 9.59. The van der Waals surface area contributed by atoms with Crippen molar-refractivity contribution in [3.05, 3.63) is 54.4 Å². The molecule has 0 bridgehead atoms. The van der Waals surface area contributed by atoms with Gasteiger partial charge < -0.3 is 15.3 Å². The maximum Gasteiger partial charge on any atom is 0.490 e. The third-order valence-electron chi connectivity index (χ3n) is 5.94. The van der Waals surface area contributed by atoms with Gasteiger partial charge in [-0.15, -0.1) is 0 Å². The summed E-state index contributed by atoms with van der Waals surface area (Å²) < 4.78 is 31.7. The molecule has 12 heteroatoms. The first-order chi connectivity index (χ1) is 15.6. The quantitative estimate of drug-likeness (QED) is 0.713. The molecule has 2 aromatic rings. The highest BCUT2D eigenvalue weighted by atomic mass is 19.4. The van der Waals surface area contributed by atoms with Crippen LogP contribution >= 0.6 is 0 Å². The molecule has 3 heterocycles. The van der Waals surface area contributed by atoms with Gasteiger partial charge in [-0.2, -0.15) is 13.2 Å². The number of aromatic nitrogens is 3. The van der Waals surface area contributed by atoms with Gasteiger partial charge in [0.05, 0.1) is 6.20 Å². The summed E-state index contributed by atoms with van der Waals surface area (Å²) in [5, 5.41) is 10.2. The van der Waals surface area contributed by atoms with E-state index in [-0.39, 0.29) is 23.3 Å². The number of hydrogen-bond donors (Lipinski definition) is 2. The van der Waals surface area contributed by atoms with Crippen LogP contribution in [0.3, 0.4) is 0 Å². The molecule has 1 atom stereocenters. The van der Waals surface area contributed by atoms with Gasteiger partial charge >= 0.3 is 12.1 Å². The number of hydrogen-bond acceptors (Lipinski definition) is 6. The van der Waals surface area contributed by atoms with Crippen molar-refractivity contribution in [2.75, 3.05) is 13.1 Å². The second kappa shape index (κ2) is 9.92. The molecular formula is C21H22F3N5O4. The summed E-state index contributed by atoms with van der Waals surface area (Å²) in [6.07, 6.45) is 4.97. The number of carbonyl (C=O) groups excluding carboxylic acids is 2. The lowest BCUT2D eigenvalue weighted by Crippen LogP contribution is -2.59. The number of likely N-dealkylation sites (tertiary alicyclic amines) is 1. The standard InChI is InChI=1S/C19H21N5O2.C2HF3O2/c25-17(15-13-20-9-10-22-15)23-16-4-5-19(16)6-11-24(12-7-19)18(26)14-3-1-2-8-21-14;3-2(4,5)1(6)7/h1-3,8-10,13,16H,4-7,11-12H2,(H,23,25);(H,6,7). The summed E-state index contributed by atoms with van der Waals surface area (Å²) in [6.45, 7) is 1.40. The number of pyridine rings is 1. The first-order valence-corrected chi connectivity index (χ1v) is 10.2. The maximum absolute atomic E-state index is 12.5. The molecule has 2 fully saturated rings. The molecule has 0 aromatic carbocycles. The van der Waals surface area contributed by atoms with E-state index in [2.05, 4.69) is 20.3 Å². The first kappa shape index (κ1) is 24.1. The number of carboxylic acid groups (broad SMARTS) is 1. The Balaban J connectivity index is 0.000000383. The molecule has 1 aliphatic carbocycles. The van der Waals surface area contributed by atoms with Gasteiger partial charge in [0.25, 0.3) is 11.8 Å². The van der Waals surface area contributed by atoms with Crippen LogP contribution in [0, 0.1) is 5.41 Å². The Labute approximate surface area is 187 Å². The highest BCUT2D eigenvalue weighted by molar-refractivity contribution is 5.93. The van der Waals surface area contributed by atoms with Crippen LogP contribution in [0.2, 0.25) is 0 Å². The van der Waals surface area contributed by atoms with E-state index in [4.69, 9.17) is 9.90 Å². The molecule has 33 heavy (non-hydrogen) atoms. The van der Waals surface area contributed by atoms with Crippen molar-refractivity contribution in [1.29, 1.82) is 0 Å². The van der Waals surface area contributed by atoms with Crippen LogP contribution < -0.4 is 5.32 Å². The zero-order valence-electron chi connectivity index (χ0n) is 17.5. The van der Waals surface area contributed by atoms with E-state index < -0.39 is 12.1 Å². The van der Waals surface area contributed by atoms with Crippen molar-refractivity contribution < 1.29 is 32.7 Å². The van der Waals surface area contributed by atoms with Gasteiger partial charge in [-0.05, 0) is 43.2 Å². The topological polar surface area (TPSA) is 125 Å². The molecule has 176 valence electrons. The Morgan fingerprint density at radius 3 is 2.18 bits per heavy atom. The summed E-state index contributed by atoms with van der Waals surface area (Å²) in [5.41, 5.74) is 0.931. The van der Waals surface area contributed by atoms with Crippen LogP contribution in [0.4, 0.5) is 13.2 Å². The molecule has 1 saturated carbocycles. The molecule has 9 nitrogen and oxygen atoms in total. The van der Waals surface area contributed by atoms with Crippen molar-refractivity contribution in [3.8, 4) is 0 Å². The molecule has 1 unspecified atom stereocenters. The summed E-state index contributed by atoms with van der Waals surface area (Å²) in [7, 11) is 0. The minimum atomic E-state index is -5.08. The van der Waals surface area contributed by atoms with Crippen LogP contribution in [-0.4, -0.2) is 68.0 Å². The normalized spacial score (nSPS) is 19.0. The first-order valence-electron chi connectivity index (χ1n) is 10.2. The zero-order chi connectivity index (χ0) is 24.1. The second-order valence-electron chi connectivity index (χ2n) is 7.83. The van der Waals surface area contributed by atoms with Crippen LogP contribution in [-0.2, 0) is 4.79 Å². The molecule has 4 rings (SSSR count). The summed E-state index contributed by atoms with van der Waals surface area (Å²) in [5.74, 6) is -2.94. The van der Waals surface area contributed by atoms with Gasteiger partial charge in [0.15, 0.2) is 0 Å². The predicted molar refractivity (Wildman–Crippen MR) is 108 cm³/mol. The van der Waals surface area contributed by atoms with Crippen molar-refractivity contribution in [1.82, 2.24) is 25.2 Å². The zero-order valence-corrected chi connectivity index (χ0v) is 17.5. The van der Waals surface area contributed by atoms with Crippen LogP contribution in [0.25, 0.3) is 0 Å². The Kier molecular flexibility index (Phi) is 7.24. The molecular weight excluding hydrogens is 443 g/mol. The Morgan fingerprint density at radius 1 is 1.03 bits per heavy atom. The van der Waals surface area contributed by atoms with Gasteiger partial charge in [0.1, 0.15) is 11.4 Å².